The summed E-state index contributed by atoms with van der Waals surface area (Å²) in [7, 11) is 0. The van der Waals surface area contributed by atoms with E-state index in [1.165, 1.54) is 12.1 Å². The molecule has 0 aliphatic rings. The molecule has 13 nitrogen and oxygen atoms in total. The van der Waals surface area contributed by atoms with E-state index in [1.54, 1.807) is 25.3 Å². The number of aromatic nitrogens is 1. The summed E-state index contributed by atoms with van der Waals surface area (Å²) in [6, 6.07) is 10.7. The number of fused-ring (bicyclic) bond motifs is 1. The Bertz CT molecular complexity index is 1540. The molecule has 13 heteroatoms. The fourth-order valence-corrected chi connectivity index (χ4v) is 5.39. The molecule has 2 aromatic carbocycles. The minimum Gasteiger partial charge on any atom is -0.508 e. The number of carbonyl (C=O) groups is 5. The smallest absolute Gasteiger partial charge is 0.243 e. The second-order valence-electron chi connectivity index (χ2n) is 12.6. The Morgan fingerprint density at radius 3 is 2.08 bits per heavy atom. The summed E-state index contributed by atoms with van der Waals surface area (Å²) >= 11 is 0. The molecule has 1 aromatic heterocycles. The van der Waals surface area contributed by atoms with Crippen LogP contribution in [0.1, 0.15) is 57.6 Å². The molecule has 0 fully saturated rings. The van der Waals surface area contributed by atoms with Gasteiger partial charge in [0.2, 0.25) is 29.5 Å². The van der Waals surface area contributed by atoms with Crippen molar-refractivity contribution in [1.82, 2.24) is 26.3 Å². The van der Waals surface area contributed by atoms with Gasteiger partial charge >= 0.3 is 0 Å². The zero-order chi connectivity index (χ0) is 35.2. The summed E-state index contributed by atoms with van der Waals surface area (Å²) < 4.78 is 0. The molecule has 0 saturated carbocycles. The molecule has 0 radical (unpaired) electrons. The number of nitrogens with one attached hydrogen (secondary N) is 5. The number of para-hydroxylation sites is 1. The van der Waals surface area contributed by atoms with Gasteiger partial charge in [0.05, 0.1) is 6.54 Å². The molecule has 0 aliphatic heterocycles. The molecule has 0 unspecified atom stereocenters. The van der Waals surface area contributed by atoms with Crippen molar-refractivity contribution >= 4 is 40.4 Å². The van der Waals surface area contributed by atoms with Crippen LogP contribution in [-0.4, -0.2) is 70.8 Å². The molecule has 0 aliphatic carbocycles. The molecule has 1 heterocycles. The maximum absolute atomic E-state index is 13.8. The zero-order valence-corrected chi connectivity index (χ0v) is 27.9. The van der Waals surface area contributed by atoms with E-state index < -0.39 is 48.3 Å². The van der Waals surface area contributed by atoms with Gasteiger partial charge in [-0.25, -0.2) is 0 Å². The van der Waals surface area contributed by atoms with Crippen LogP contribution in [0.15, 0.2) is 54.7 Å². The number of carbonyl (C=O) groups excluding carboxylic acids is 5. The van der Waals surface area contributed by atoms with Crippen LogP contribution in [0.25, 0.3) is 10.9 Å². The molecule has 0 spiro atoms. The number of aromatic amines is 1. The highest BCUT2D eigenvalue weighted by atomic mass is 16.3. The summed E-state index contributed by atoms with van der Waals surface area (Å²) in [6.07, 6.45) is 4.37. The Hall–Kier alpha value is -4.91. The third kappa shape index (κ3) is 11.7. The number of phenols is 1. The molecule has 5 amide bonds. The zero-order valence-electron chi connectivity index (χ0n) is 27.9. The van der Waals surface area contributed by atoms with Crippen LogP contribution in [0.5, 0.6) is 5.75 Å². The fraction of sp³-hybridized carbons (Fsp3) is 0.457. The van der Waals surface area contributed by atoms with E-state index in [9.17, 15) is 29.1 Å². The van der Waals surface area contributed by atoms with Crippen molar-refractivity contribution in [1.29, 1.82) is 0 Å². The molecule has 10 N–H and O–H groups in total. The quantitative estimate of drug-likeness (QED) is 0.0883. The fourth-order valence-electron chi connectivity index (χ4n) is 5.39. The first-order chi connectivity index (χ1) is 22.9. The predicted octanol–water partition coefficient (Wildman–Crippen LogP) is 1.53. The third-order valence-corrected chi connectivity index (χ3v) is 8.06. The topological polar surface area (TPSA) is 222 Å². The predicted molar refractivity (Wildman–Crippen MR) is 183 cm³/mol. The first kappa shape index (κ1) is 37.5. The molecule has 3 aromatic rings. The SMILES string of the molecule is CC(C)C[C@H](NC(=O)[C@H](Cc1ccc(O)cc1)NC(=O)[C@@H](C)CCCCN)C(=O)N[C@@H](Cc1c[nH]c2ccccc12)C(=O)NCC(N)=O. The molecule has 0 bridgehead atoms. The largest absolute Gasteiger partial charge is 0.508 e. The molecule has 4 atom stereocenters. The van der Waals surface area contributed by atoms with E-state index in [4.69, 9.17) is 11.5 Å². The average Bonchev–Trinajstić information content (AvgIpc) is 3.45. The van der Waals surface area contributed by atoms with Gasteiger partial charge in [-0.3, -0.25) is 24.0 Å². The summed E-state index contributed by atoms with van der Waals surface area (Å²) in [5, 5.41) is 21.5. The van der Waals surface area contributed by atoms with Crippen molar-refractivity contribution in [2.75, 3.05) is 13.1 Å². The van der Waals surface area contributed by atoms with Crippen molar-refractivity contribution < 1.29 is 29.1 Å². The number of nitrogens with two attached hydrogens (primary N) is 2. The number of amides is 5. The molecule has 3 rings (SSSR count). The number of primary amides is 1. The molecular weight excluding hydrogens is 614 g/mol. The van der Waals surface area contributed by atoms with Gasteiger partial charge in [0.25, 0.3) is 0 Å². The number of hydrogen-bond donors (Lipinski definition) is 8. The van der Waals surface area contributed by atoms with Crippen LogP contribution in [0, 0.1) is 11.8 Å². The molecular formula is C35H49N7O6. The van der Waals surface area contributed by atoms with Crippen molar-refractivity contribution in [3.63, 3.8) is 0 Å². The van der Waals surface area contributed by atoms with Crippen LogP contribution in [0.4, 0.5) is 0 Å². The van der Waals surface area contributed by atoms with Crippen LogP contribution < -0.4 is 32.7 Å². The van der Waals surface area contributed by atoms with Gasteiger partial charge in [-0.1, -0.05) is 57.5 Å². The number of rotatable bonds is 19. The number of unbranched alkanes of at least 4 members (excludes halogenated alkanes) is 1. The number of phenolic OH excluding ortho intramolecular Hbond substituents is 1. The Morgan fingerprint density at radius 2 is 1.42 bits per heavy atom. The summed E-state index contributed by atoms with van der Waals surface area (Å²) in [5.74, 6) is -3.15. The lowest BCUT2D eigenvalue weighted by atomic mass is 9.98. The number of hydrogen-bond acceptors (Lipinski definition) is 7. The highest BCUT2D eigenvalue weighted by Crippen LogP contribution is 2.20. The van der Waals surface area contributed by atoms with Crippen LogP contribution >= 0.6 is 0 Å². The van der Waals surface area contributed by atoms with Crippen LogP contribution in [0.2, 0.25) is 0 Å². The van der Waals surface area contributed by atoms with Gasteiger partial charge in [-0.2, -0.15) is 0 Å². The Labute approximate surface area is 281 Å². The molecule has 260 valence electrons. The number of aromatic hydroxyl groups is 1. The minimum atomic E-state index is -1.09. The average molecular weight is 664 g/mol. The summed E-state index contributed by atoms with van der Waals surface area (Å²) in [6.45, 7) is 5.69. The third-order valence-electron chi connectivity index (χ3n) is 8.06. The van der Waals surface area contributed by atoms with E-state index in [2.05, 4.69) is 26.3 Å². The Kier molecular flexibility index (Phi) is 14.4. The lowest BCUT2D eigenvalue weighted by molar-refractivity contribution is -0.134. The second-order valence-corrected chi connectivity index (χ2v) is 12.6. The monoisotopic (exact) mass is 663 g/mol. The number of benzene rings is 2. The first-order valence-electron chi connectivity index (χ1n) is 16.4. The van der Waals surface area contributed by atoms with E-state index in [-0.39, 0.29) is 42.8 Å². The van der Waals surface area contributed by atoms with Gasteiger partial charge in [-0.15, -0.1) is 0 Å². The molecule has 48 heavy (non-hydrogen) atoms. The Morgan fingerprint density at radius 1 is 0.792 bits per heavy atom. The highest BCUT2D eigenvalue weighted by molar-refractivity contribution is 5.95. The lowest BCUT2D eigenvalue weighted by Crippen LogP contribution is -2.58. The number of H-pyrrole nitrogens is 1. The van der Waals surface area contributed by atoms with E-state index in [0.717, 1.165) is 29.3 Å². The Balaban J connectivity index is 1.83. The highest BCUT2D eigenvalue weighted by Gasteiger charge is 2.31. The van der Waals surface area contributed by atoms with Gasteiger partial charge in [0.1, 0.15) is 23.9 Å². The molecule has 0 saturated heterocycles. The van der Waals surface area contributed by atoms with E-state index in [1.807, 2.05) is 38.1 Å². The lowest BCUT2D eigenvalue weighted by Gasteiger charge is -2.27. The van der Waals surface area contributed by atoms with Gasteiger partial charge in [0, 0.05) is 35.9 Å². The standard InChI is InChI=1S/C35H49N7O6/c1-21(2)16-28(34(47)42-30(33(46)39-20-31(37)44)18-24-19-38-27-10-5-4-9-26(24)27)41-35(48)29(17-23-11-13-25(43)14-12-23)40-32(45)22(3)8-6-7-15-36/h4-5,9-14,19,21-22,28-30,38,43H,6-8,15-18,20,36H2,1-3H3,(H2,37,44)(H,39,46)(H,40,45)(H,41,48)(H,42,47)/t22-,28-,29-,30-/m0/s1. The van der Waals surface area contributed by atoms with Gasteiger partial charge < -0.3 is 42.8 Å². The van der Waals surface area contributed by atoms with Gasteiger partial charge in [0.15, 0.2) is 0 Å². The van der Waals surface area contributed by atoms with E-state index in [0.29, 0.717) is 18.5 Å². The second kappa shape index (κ2) is 18.4. The van der Waals surface area contributed by atoms with Gasteiger partial charge in [-0.05, 0) is 61.1 Å². The van der Waals surface area contributed by atoms with Crippen LogP contribution in [0.3, 0.4) is 0 Å². The van der Waals surface area contributed by atoms with Crippen molar-refractivity contribution in [3.8, 4) is 5.75 Å². The summed E-state index contributed by atoms with van der Waals surface area (Å²) in [4.78, 5) is 68.6. The van der Waals surface area contributed by atoms with Crippen LogP contribution in [-0.2, 0) is 36.8 Å². The minimum absolute atomic E-state index is 0.0236. The maximum atomic E-state index is 13.8. The maximum Gasteiger partial charge on any atom is 0.243 e. The van der Waals surface area contributed by atoms with E-state index >= 15 is 0 Å². The van der Waals surface area contributed by atoms with Crippen molar-refractivity contribution in [2.24, 2.45) is 23.3 Å². The van der Waals surface area contributed by atoms with Crippen molar-refractivity contribution in [3.05, 3.63) is 65.9 Å². The normalized spacial score (nSPS) is 13.7. The summed E-state index contributed by atoms with van der Waals surface area (Å²) in [5.41, 5.74) is 13.2. The first-order valence-corrected chi connectivity index (χ1v) is 16.4. The van der Waals surface area contributed by atoms with Crippen molar-refractivity contribution in [2.45, 2.75) is 77.4 Å².